The van der Waals surface area contributed by atoms with Crippen LogP contribution in [0.25, 0.3) is 0 Å². The normalized spacial score (nSPS) is 25.2. The van der Waals surface area contributed by atoms with E-state index < -0.39 is 5.97 Å². The van der Waals surface area contributed by atoms with E-state index in [9.17, 15) is 4.79 Å². The number of rotatable bonds is 3. The third kappa shape index (κ3) is 2.22. The van der Waals surface area contributed by atoms with Crippen LogP contribution in [0.5, 0.6) is 0 Å². The van der Waals surface area contributed by atoms with Gasteiger partial charge >= 0.3 is 5.97 Å². The number of ether oxygens (including phenoxy) is 1. The molecule has 1 N–H and O–H groups in total. The SMILES string of the molecule is O=C(O)CC1(c2ccncc2)CCCOC1. The summed E-state index contributed by atoms with van der Waals surface area (Å²) >= 11 is 0. The van der Waals surface area contributed by atoms with Gasteiger partial charge in [-0.3, -0.25) is 9.78 Å². The fourth-order valence-corrected chi connectivity index (χ4v) is 2.32. The molecular formula is C12H15NO3. The monoisotopic (exact) mass is 221 g/mol. The molecule has 1 fully saturated rings. The molecule has 0 aromatic carbocycles. The van der Waals surface area contributed by atoms with Crippen molar-refractivity contribution in [3.8, 4) is 0 Å². The number of carbonyl (C=O) groups is 1. The minimum Gasteiger partial charge on any atom is -0.481 e. The number of carboxylic acids is 1. The maximum atomic E-state index is 11.0. The number of aromatic nitrogens is 1. The topological polar surface area (TPSA) is 59.4 Å². The average molecular weight is 221 g/mol. The molecule has 2 heterocycles. The van der Waals surface area contributed by atoms with E-state index in [4.69, 9.17) is 9.84 Å². The molecule has 16 heavy (non-hydrogen) atoms. The lowest BCUT2D eigenvalue weighted by Gasteiger charge is -2.36. The minimum atomic E-state index is -0.776. The summed E-state index contributed by atoms with van der Waals surface area (Å²) in [5.41, 5.74) is 0.650. The van der Waals surface area contributed by atoms with E-state index in [0.717, 1.165) is 25.0 Å². The molecule has 1 aliphatic rings. The largest absolute Gasteiger partial charge is 0.481 e. The molecule has 0 aliphatic carbocycles. The Morgan fingerprint density at radius 1 is 1.50 bits per heavy atom. The third-order valence-electron chi connectivity index (χ3n) is 3.10. The molecule has 1 aromatic heterocycles. The smallest absolute Gasteiger partial charge is 0.304 e. The van der Waals surface area contributed by atoms with Crippen molar-refractivity contribution in [3.63, 3.8) is 0 Å². The van der Waals surface area contributed by atoms with Crippen LogP contribution in [0.15, 0.2) is 24.5 Å². The van der Waals surface area contributed by atoms with Crippen molar-refractivity contribution in [2.45, 2.75) is 24.7 Å². The van der Waals surface area contributed by atoms with E-state index in [-0.39, 0.29) is 11.8 Å². The van der Waals surface area contributed by atoms with Crippen LogP contribution >= 0.6 is 0 Å². The van der Waals surface area contributed by atoms with Gasteiger partial charge in [0.1, 0.15) is 0 Å². The second kappa shape index (κ2) is 4.61. The van der Waals surface area contributed by atoms with Crippen molar-refractivity contribution < 1.29 is 14.6 Å². The van der Waals surface area contributed by atoms with Gasteiger partial charge in [0.05, 0.1) is 13.0 Å². The van der Waals surface area contributed by atoms with Crippen LogP contribution in [0.1, 0.15) is 24.8 Å². The molecule has 1 unspecified atom stereocenters. The second-order valence-corrected chi connectivity index (χ2v) is 4.24. The summed E-state index contributed by atoms with van der Waals surface area (Å²) in [6.07, 6.45) is 5.30. The van der Waals surface area contributed by atoms with Gasteiger partial charge in [-0.15, -0.1) is 0 Å². The molecule has 1 saturated heterocycles. The van der Waals surface area contributed by atoms with Gasteiger partial charge in [-0.1, -0.05) is 0 Å². The van der Waals surface area contributed by atoms with Gasteiger partial charge in [0.25, 0.3) is 0 Å². The van der Waals surface area contributed by atoms with Gasteiger partial charge in [0, 0.05) is 24.4 Å². The Balaban J connectivity index is 2.29. The maximum Gasteiger partial charge on any atom is 0.304 e. The van der Waals surface area contributed by atoms with Gasteiger partial charge in [-0.2, -0.15) is 0 Å². The lowest BCUT2D eigenvalue weighted by Crippen LogP contribution is -2.38. The fourth-order valence-electron chi connectivity index (χ4n) is 2.32. The van der Waals surface area contributed by atoms with Crippen molar-refractivity contribution in [1.82, 2.24) is 4.98 Å². The van der Waals surface area contributed by atoms with E-state index in [1.54, 1.807) is 12.4 Å². The number of aliphatic carboxylic acids is 1. The van der Waals surface area contributed by atoms with Gasteiger partial charge in [0.15, 0.2) is 0 Å². The highest BCUT2D eigenvalue weighted by atomic mass is 16.5. The van der Waals surface area contributed by atoms with E-state index >= 15 is 0 Å². The zero-order chi connectivity index (χ0) is 11.4. The van der Waals surface area contributed by atoms with Crippen molar-refractivity contribution >= 4 is 5.97 Å². The second-order valence-electron chi connectivity index (χ2n) is 4.24. The summed E-state index contributed by atoms with van der Waals surface area (Å²) < 4.78 is 5.46. The molecule has 4 nitrogen and oxygen atoms in total. The Labute approximate surface area is 94.3 Å². The van der Waals surface area contributed by atoms with E-state index in [0.29, 0.717) is 6.61 Å². The van der Waals surface area contributed by atoms with Gasteiger partial charge in [-0.05, 0) is 30.5 Å². The third-order valence-corrected chi connectivity index (χ3v) is 3.10. The zero-order valence-corrected chi connectivity index (χ0v) is 9.06. The first kappa shape index (κ1) is 11.1. The Hall–Kier alpha value is -1.42. The first-order chi connectivity index (χ1) is 7.73. The first-order valence-corrected chi connectivity index (χ1v) is 5.43. The summed E-state index contributed by atoms with van der Waals surface area (Å²) in [5.74, 6) is -0.776. The number of pyridine rings is 1. The molecule has 1 aliphatic heterocycles. The van der Waals surface area contributed by atoms with Crippen molar-refractivity contribution in [1.29, 1.82) is 0 Å². The van der Waals surface area contributed by atoms with Crippen molar-refractivity contribution in [3.05, 3.63) is 30.1 Å². The van der Waals surface area contributed by atoms with E-state index in [1.165, 1.54) is 0 Å². The number of hydrogen-bond acceptors (Lipinski definition) is 3. The maximum absolute atomic E-state index is 11.0. The Morgan fingerprint density at radius 3 is 2.81 bits per heavy atom. The number of carboxylic acid groups (broad SMARTS) is 1. The van der Waals surface area contributed by atoms with Crippen LogP contribution in [0, 0.1) is 0 Å². The Bertz CT molecular complexity index is 358. The quantitative estimate of drug-likeness (QED) is 0.842. The van der Waals surface area contributed by atoms with Crippen molar-refractivity contribution in [2.75, 3.05) is 13.2 Å². The van der Waals surface area contributed by atoms with Crippen LogP contribution in [0.2, 0.25) is 0 Å². The lowest BCUT2D eigenvalue weighted by molar-refractivity contribution is -0.140. The van der Waals surface area contributed by atoms with Crippen LogP contribution in [0.3, 0.4) is 0 Å². The molecular weight excluding hydrogens is 206 g/mol. The van der Waals surface area contributed by atoms with Gasteiger partial charge in [-0.25, -0.2) is 0 Å². The molecule has 1 aromatic rings. The molecule has 86 valence electrons. The van der Waals surface area contributed by atoms with Crippen LogP contribution in [0.4, 0.5) is 0 Å². The molecule has 1 atom stereocenters. The van der Waals surface area contributed by atoms with Crippen molar-refractivity contribution in [2.24, 2.45) is 0 Å². The highest BCUT2D eigenvalue weighted by Gasteiger charge is 2.36. The average Bonchev–Trinajstić information content (AvgIpc) is 2.30. The molecule has 2 rings (SSSR count). The van der Waals surface area contributed by atoms with Crippen LogP contribution in [-0.4, -0.2) is 29.3 Å². The highest BCUT2D eigenvalue weighted by Crippen LogP contribution is 2.35. The Morgan fingerprint density at radius 2 is 2.25 bits per heavy atom. The highest BCUT2D eigenvalue weighted by molar-refractivity contribution is 5.69. The molecule has 0 spiro atoms. The standard InChI is InChI=1S/C12H15NO3/c14-11(15)8-12(4-1-7-16-9-12)10-2-5-13-6-3-10/h2-3,5-6H,1,4,7-9H2,(H,14,15). The molecule has 0 bridgehead atoms. The zero-order valence-electron chi connectivity index (χ0n) is 9.06. The predicted octanol–water partition coefficient (Wildman–Crippen LogP) is 1.60. The lowest BCUT2D eigenvalue weighted by atomic mass is 9.74. The van der Waals surface area contributed by atoms with E-state index in [2.05, 4.69) is 4.98 Å². The summed E-state index contributed by atoms with van der Waals surface area (Å²) in [4.78, 5) is 14.9. The summed E-state index contributed by atoms with van der Waals surface area (Å²) in [5, 5.41) is 9.02. The molecule has 0 radical (unpaired) electrons. The Kier molecular flexibility index (Phi) is 3.19. The summed E-state index contributed by atoms with van der Waals surface area (Å²) in [7, 11) is 0. The molecule has 0 saturated carbocycles. The summed E-state index contributed by atoms with van der Waals surface area (Å²) in [6.45, 7) is 1.22. The summed E-state index contributed by atoms with van der Waals surface area (Å²) in [6, 6.07) is 3.77. The number of hydrogen-bond donors (Lipinski definition) is 1. The van der Waals surface area contributed by atoms with Gasteiger partial charge in [0.2, 0.25) is 0 Å². The van der Waals surface area contributed by atoms with Crippen LogP contribution < -0.4 is 0 Å². The predicted molar refractivity (Wildman–Crippen MR) is 58.2 cm³/mol. The van der Waals surface area contributed by atoms with Gasteiger partial charge < -0.3 is 9.84 Å². The van der Waals surface area contributed by atoms with E-state index in [1.807, 2.05) is 12.1 Å². The first-order valence-electron chi connectivity index (χ1n) is 5.43. The minimum absolute atomic E-state index is 0.122. The molecule has 4 heteroatoms. The van der Waals surface area contributed by atoms with Crippen LogP contribution in [-0.2, 0) is 14.9 Å². The number of nitrogens with zero attached hydrogens (tertiary/aromatic N) is 1. The molecule has 0 amide bonds. The fraction of sp³-hybridized carbons (Fsp3) is 0.500.